The molecule has 0 radical (unpaired) electrons. The summed E-state index contributed by atoms with van der Waals surface area (Å²) < 4.78 is 0. The van der Waals surface area contributed by atoms with Crippen LogP contribution in [0.3, 0.4) is 0 Å². The minimum atomic E-state index is 0.831. The van der Waals surface area contributed by atoms with Crippen LogP contribution in [0, 0.1) is 0 Å². The van der Waals surface area contributed by atoms with Crippen molar-refractivity contribution in [2.24, 2.45) is 0 Å². The van der Waals surface area contributed by atoms with Crippen molar-refractivity contribution in [1.29, 1.82) is 0 Å². The van der Waals surface area contributed by atoms with Crippen LogP contribution in [0.1, 0.15) is 5.69 Å². The first-order chi connectivity index (χ1) is 11.9. The largest absolute Gasteiger partial charge is 0.338 e. The molecule has 0 aliphatic carbocycles. The molecule has 4 rings (SSSR count). The van der Waals surface area contributed by atoms with Gasteiger partial charge in [-0.2, -0.15) is 0 Å². The second-order valence-corrected chi connectivity index (χ2v) is 6.68. The first-order valence-corrected chi connectivity index (χ1v) is 9.00. The zero-order chi connectivity index (χ0) is 16.2. The Bertz CT molecular complexity index is 766. The van der Waals surface area contributed by atoms with E-state index in [-0.39, 0.29) is 0 Å². The first kappa shape index (κ1) is 15.2. The van der Waals surface area contributed by atoms with E-state index in [1.165, 1.54) is 5.56 Å². The highest BCUT2D eigenvalue weighted by Crippen LogP contribution is 2.24. The van der Waals surface area contributed by atoms with E-state index >= 15 is 0 Å². The maximum atomic E-state index is 4.79. The summed E-state index contributed by atoms with van der Waals surface area (Å²) in [5.41, 5.74) is 2.35. The zero-order valence-corrected chi connectivity index (χ0v) is 14.2. The molecule has 6 heteroatoms. The van der Waals surface area contributed by atoms with Gasteiger partial charge in [0.05, 0.1) is 5.69 Å². The predicted octanol–water partition coefficient (Wildman–Crippen LogP) is 2.92. The third-order valence-electron chi connectivity index (χ3n) is 4.17. The van der Waals surface area contributed by atoms with Crippen LogP contribution in [0.15, 0.2) is 54.2 Å². The molecule has 0 atom stereocenters. The number of nitrogens with zero attached hydrogens (tertiary/aromatic N) is 5. The number of aromatic nitrogens is 3. The van der Waals surface area contributed by atoms with E-state index < -0.39 is 0 Å². The Hall–Kier alpha value is -2.31. The van der Waals surface area contributed by atoms with Gasteiger partial charge in [0.1, 0.15) is 5.01 Å². The Morgan fingerprint density at radius 1 is 0.917 bits per heavy atom. The summed E-state index contributed by atoms with van der Waals surface area (Å²) in [6.45, 7) is 4.85. The van der Waals surface area contributed by atoms with Crippen molar-refractivity contribution in [2.45, 2.75) is 6.54 Å². The third-order valence-corrected chi connectivity index (χ3v) is 5.11. The lowest BCUT2D eigenvalue weighted by Crippen LogP contribution is -2.46. The minimum Gasteiger partial charge on any atom is -0.338 e. The van der Waals surface area contributed by atoms with Crippen molar-refractivity contribution < 1.29 is 0 Å². The van der Waals surface area contributed by atoms with Crippen LogP contribution in [-0.2, 0) is 6.54 Å². The van der Waals surface area contributed by atoms with Crippen molar-refractivity contribution in [1.82, 2.24) is 19.9 Å². The molecule has 24 heavy (non-hydrogen) atoms. The van der Waals surface area contributed by atoms with Crippen LogP contribution >= 0.6 is 11.3 Å². The van der Waals surface area contributed by atoms with E-state index in [4.69, 9.17) is 4.98 Å². The van der Waals surface area contributed by atoms with E-state index in [0.717, 1.165) is 49.4 Å². The molecule has 1 aliphatic rings. The quantitative estimate of drug-likeness (QED) is 0.732. The summed E-state index contributed by atoms with van der Waals surface area (Å²) in [5.74, 6) is 0.831. The fourth-order valence-electron chi connectivity index (χ4n) is 2.88. The monoisotopic (exact) mass is 337 g/mol. The maximum absolute atomic E-state index is 4.79. The Morgan fingerprint density at radius 3 is 2.42 bits per heavy atom. The van der Waals surface area contributed by atoms with Gasteiger partial charge in [-0.1, -0.05) is 30.3 Å². The third kappa shape index (κ3) is 3.44. The fourth-order valence-corrected chi connectivity index (χ4v) is 3.70. The summed E-state index contributed by atoms with van der Waals surface area (Å²) in [7, 11) is 0. The second kappa shape index (κ2) is 7.07. The van der Waals surface area contributed by atoms with Gasteiger partial charge in [0.2, 0.25) is 5.95 Å². The van der Waals surface area contributed by atoms with Crippen molar-refractivity contribution in [2.75, 3.05) is 31.1 Å². The molecule has 3 aromatic rings. The standard InChI is InChI=1S/C18H19N5S/c1-2-5-15(6-3-1)17-21-16(14-24-17)13-22-9-11-23(12-10-22)18-19-7-4-8-20-18/h1-8,14H,9-13H2. The lowest BCUT2D eigenvalue weighted by molar-refractivity contribution is 0.246. The molecule has 0 unspecified atom stereocenters. The smallest absolute Gasteiger partial charge is 0.225 e. The van der Waals surface area contributed by atoms with E-state index in [9.17, 15) is 0 Å². The lowest BCUT2D eigenvalue weighted by atomic mass is 10.2. The summed E-state index contributed by atoms with van der Waals surface area (Å²) in [4.78, 5) is 18.1. The first-order valence-electron chi connectivity index (χ1n) is 8.12. The normalized spacial score (nSPS) is 15.6. The molecule has 1 aliphatic heterocycles. The maximum Gasteiger partial charge on any atom is 0.225 e. The van der Waals surface area contributed by atoms with Gasteiger partial charge in [-0.25, -0.2) is 15.0 Å². The predicted molar refractivity (Wildman–Crippen MR) is 97.1 cm³/mol. The number of hydrogen-bond acceptors (Lipinski definition) is 6. The van der Waals surface area contributed by atoms with Crippen molar-refractivity contribution >= 4 is 17.3 Å². The van der Waals surface area contributed by atoms with Crippen molar-refractivity contribution in [3.8, 4) is 10.6 Å². The summed E-state index contributed by atoms with van der Waals surface area (Å²) >= 11 is 1.72. The number of anilines is 1. The molecule has 0 N–H and O–H groups in total. The highest BCUT2D eigenvalue weighted by atomic mass is 32.1. The molecule has 1 fully saturated rings. The Morgan fingerprint density at radius 2 is 1.67 bits per heavy atom. The van der Waals surface area contributed by atoms with E-state index in [2.05, 4.69) is 49.4 Å². The molecule has 122 valence electrons. The van der Waals surface area contributed by atoms with Crippen LogP contribution in [-0.4, -0.2) is 46.0 Å². The van der Waals surface area contributed by atoms with Crippen LogP contribution in [0.25, 0.3) is 10.6 Å². The molecule has 5 nitrogen and oxygen atoms in total. The molecular weight excluding hydrogens is 318 g/mol. The van der Waals surface area contributed by atoms with Gasteiger partial charge in [0.25, 0.3) is 0 Å². The molecule has 1 aromatic carbocycles. The van der Waals surface area contributed by atoms with Crippen LogP contribution < -0.4 is 4.90 Å². The number of thiazole rings is 1. The summed E-state index contributed by atoms with van der Waals surface area (Å²) in [6.07, 6.45) is 3.60. The van der Waals surface area contributed by atoms with E-state index in [1.807, 2.05) is 12.1 Å². The second-order valence-electron chi connectivity index (χ2n) is 5.82. The highest BCUT2D eigenvalue weighted by molar-refractivity contribution is 7.13. The van der Waals surface area contributed by atoms with Crippen LogP contribution in [0.5, 0.6) is 0 Å². The average molecular weight is 337 g/mol. The molecule has 0 bridgehead atoms. The Labute approximate surface area is 145 Å². The van der Waals surface area contributed by atoms with Gasteiger partial charge in [0.15, 0.2) is 0 Å². The van der Waals surface area contributed by atoms with Gasteiger partial charge in [-0.05, 0) is 6.07 Å². The number of hydrogen-bond donors (Lipinski definition) is 0. The Kier molecular flexibility index (Phi) is 4.49. The molecular formula is C18H19N5S. The highest BCUT2D eigenvalue weighted by Gasteiger charge is 2.19. The van der Waals surface area contributed by atoms with Crippen LogP contribution in [0.2, 0.25) is 0 Å². The van der Waals surface area contributed by atoms with Gasteiger partial charge in [0, 0.05) is 56.1 Å². The van der Waals surface area contributed by atoms with Crippen LogP contribution in [0.4, 0.5) is 5.95 Å². The van der Waals surface area contributed by atoms with Gasteiger partial charge in [-0.3, -0.25) is 4.90 Å². The Balaban J connectivity index is 1.35. The van der Waals surface area contributed by atoms with Gasteiger partial charge < -0.3 is 4.90 Å². The summed E-state index contributed by atoms with van der Waals surface area (Å²) in [5, 5.41) is 3.27. The van der Waals surface area contributed by atoms with Crippen molar-refractivity contribution in [3.05, 3.63) is 59.9 Å². The number of piperazine rings is 1. The van der Waals surface area contributed by atoms with Gasteiger partial charge >= 0.3 is 0 Å². The number of benzene rings is 1. The molecule has 2 aromatic heterocycles. The van der Waals surface area contributed by atoms with E-state index in [1.54, 1.807) is 23.7 Å². The van der Waals surface area contributed by atoms with Gasteiger partial charge in [-0.15, -0.1) is 11.3 Å². The average Bonchev–Trinajstić information content (AvgIpc) is 3.12. The topological polar surface area (TPSA) is 45.2 Å². The molecule has 1 saturated heterocycles. The summed E-state index contributed by atoms with van der Waals surface area (Å²) in [6, 6.07) is 12.2. The SMILES string of the molecule is c1ccc(-c2nc(CN3CCN(c4ncccn4)CC3)cs2)cc1. The zero-order valence-electron chi connectivity index (χ0n) is 13.4. The molecule has 0 spiro atoms. The lowest BCUT2D eigenvalue weighted by Gasteiger charge is -2.34. The molecule has 3 heterocycles. The fraction of sp³-hybridized carbons (Fsp3) is 0.278. The number of rotatable bonds is 4. The molecule has 0 saturated carbocycles. The van der Waals surface area contributed by atoms with E-state index in [0.29, 0.717) is 0 Å². The van der Waals surface area contributed by atoms with Crippen molar-refractivity contribution in [3.63, 3.8) is 0 Å². The molecule has 0 amide bonds. The minimum absolute atomic E-state index is 0.831.